The number of rotatable bonds is 7. The van der Waals surface area contributed by atoms with E-state index in [0.29, 0.717) is 19.0 Å². The van der Waals surface area contributed by atoms with E-state index in [-0.39, 0.29) is 11.7 Å². The van der Waals surface area contributed by atoms with Crippen LogP contribution in [0.25, 0.3) is 0 Å². The molecule has 1 atom stereocenters. The van der Waals surface area contributed by atoms with Gasteiger partial charge in [-0.2, -0.15) is 0 Å². The van der Waals surface area contributed by atoms with Crippen molar-refractivity contribution in [2.45, 2.75) is 13.0 Å². The summed E-state index contributed by atoms with van der Waals surface area (Å²) in [5, 5.41) is 6.23. The molecule has 3 rings (SSSR count). The number of likely N-dealkylation sites (tertiary alicyclic amines) is 1. The molecule has 0 radical (unpaired) electrons. The van der Waals surface area contributed by atoms with Gasteiger partial charge >= 0.3 is 0 Å². The highest BCUT2D eigenvalue weighted by molar-refractivity contribution is 5.78. The summed E-state index contributed by atoms with van der Waals surface area (Å²) >= 11 is 0. The van der Waals surface area contributed by atoms with Gasteiger partial charge in [0.1, 0.15) is 11.6 Å². The minimum Gasteiger partial charge on any atom is -0.370 e. The molecule has 0 saturated carbocycles. The first kappa shape index (κ1) is 17.4. The summed E-state index contributed by atoms with van der Waals surface area (Å²) in [6.45, 7) is 3.53. The van der Waals surface area contributed by atoms with Crippen LogP contribution in [0.5, 0.6) is 0 Å². The van der Waals surface area contributed by atoms with Gasteiger partial charge < -0.3 is 10.6 Å². The Morgan fingerprint density at radius 1 is 1.24 bits per heavy atom. The maximum atomic E-state index is 12.9. The van der Waals surface area contributed by atoms with Gasteiger partial charge in [-0.25, -0.2) is 9.37 Å². The fraction of sp³-hybridized carbons (Fsp3) is 0.368. The Hall–Kier alpha value is -2.47. The molecule has 0 unspecified atom stereocenters. The third-order valence-corrected chi connectivity index (χ3v) is 4.38. The zero-order chi connectivity index (χ0) is 17.5. The van der Waals surface area contributed by atoms with E-state index in [2.05, 4.69) is 20.5 Å². The van der Waals surface area contributed by atoms with Gasteiger partial charge in [0.2, 0.25) is 5.91 Å². The van der Waals surface area contributed by atoms with Gasteiger partial charge in [0.05, 0.1) is 6.54 Å². The van der Waals surface area contributed by atoms with Crippen molar-refractivity contribution in [2.24, 2.45) is 5.92 Å². The highest BCUT2D eigenvalue weighted by Crippen LogP contribution is 2.16. The Bertz CT molecular complexity index is 678. The van der Waals surface area contributed by atoms with Gasteiger partial charge in [-0.05, 0) is 48.7 Å². The number of nitrogens with zero attached hydrogens (tertiary/aromatic N) is 2. The number of carbonyl (C=O) groups is 1. The van der Waals surface area contributed by atoms with E-state index in [9.17, 15) is 9.18 Å². The highest BCUT2D eigenvalue weighted by atomic mass is 19.1. The van der Waals surface area contributed by atoms with Crippen LogP contribution in [0.3, 0.4) is 0 Å². The van der Waals surface area contributed by atoms with Gasteiger partial charge in [-0.1, -0.05) is 18.2 Å². The smallest absolute Gasteiger partial charge is 0.234 e. The zero-order valence-corrected chi connectivity index (χ0v) is 14.1. The lowest BCUT2D eigenvalue weighted by molar-refractivity contribution is -0.122. The first-order valence-electron chi connectivity index (χ1n) is 8.57. The molecule has 132 valence electrons. The maximum absolute atomic E-state index is 12.9. The Balaban J connectivity index is 1.36. The van der Waals surface area contributed by atoms with Crippen molar-refractivity contribution in [1.82, 2.24) is 15.2 Å². The topological polar surface area (TPSA) is 57.3 Å². The molecule has 1 aromatic heterocycles. The molecule has 1 aliphatic rings. The summed E-state index contributed by atoms with van der Waals surface area (Å²) in [4.78, 5) is 18.5. The molecule has 1 aliphatic heterocycles. The van der Waals surface area contributed by atoms with Gasteiger partial charge in [-0.3, -0.25) is 9.69 Å². The summed E-state index contributed by atoms with van der Waals surface area (Å²) in [5.41, 5.74) is 0.897. The van der Waals surface area contributed by atoms with Crippen LogP contribution < -0.4 is 10.6 Å². The van der Waals surface area contributed by atoms with Crippen LogP contribution in [-0.2, 0) is 11.3 Å². The fourth-order valence-corrected chi connectivity index (χ4v) is 3.00. The quantitative estimate of drug-likeness (QED) is 0.810. The number of carbonyl (C=O) groups excluding carboxylic acids is 1. The van der Waals surface area contributed by atoms with Gasteiger partial charge in [0, 0.05) is 25.8 Å². The number of pyridine rings is 1. The molecule has 5 nitrogen and oxygen atoms in total. The van der Waals surface area contributed by atoms with Crippen molar-refractivity contribution in [2.75, 3.05) is 31.5 Å². The fourth-order valence-electron chi connectivity index (χ4n) is 3.00. The van der Waals surface area contributed by atoms with Crippen molar-refractivity contribution in [3.8, 4) is 0 Å². The molecule has 2 N–H and O–H groups in total. The summed E-state index contributed by atoms with van der Waals surface area (Å²) in [7, 11) is 0. The molecule has 1 aromatic carbocycles. The Kier molecular flexibility index (Phi) is 5.95. The first-order chi connectivity index (χ1) is 12.2. The molecule has 1 fully saturated rings. The molecule has 1 saturated heterocycles. The predicted molar refractivity (Wildman–Crippen MR) is 95.5 cm³/mol. The number of nitrogens with one attached hydrogen (secondary N) is 2. The van der Waals surface area contributed by atoms with Crippen molar-refractivity contribution < 1.29 is 9.18 Å². The van der Waals surface area contributed by atoms with Crippen LogP contribution in [0.15, 0.2) is 48.7 Å². The lowest BCUT2D eigenvalue weighted by atomic mass is 10.1. The second kappa shape index (κ2) is 8.58. The molecule has 0 bridgehead atoms. The van der Waals surface area contributed by atoms with Crippen LogP contribution in [-0.4, -0.2) is 42.0 Å². The molecule has 25 heavy (non-hydrogen) atoms. The molecule has 1 amide bonds. The van der Waals surface area contributed by atoms with E-state index < -0.39 is 0 Å². The van der Waals surface area contributed by atoms with E-state index >= 15 is 0 Å². The van der Waals surface area contributed by atoms with E-state index in [4.69, 9.17) is 0 Å². The predicted octanol–water partition coefficient (Wildman–Crippen LogP) is 2.27. The zero-order valence-electron chi connectivity index (χ0n) is 14.1. The summed E-state index contributed by atoms with van der Waals surface area (Å²) in [6.07, 6.45) is 2.85. The second-order valence-electron chi connectivity index (χ2n) is 6.39. The lowest BCUT2D eigenvalue weighted by Crippen LogP contribution is -2.36. The number of hydrogen-bond donors (Lipinski definition) is 2. The monoisotopic (exact) mass is 342 g/mol. The average Bonchev–Trinajstić information content (AvgIpc) is 3.08. The Morgan fingerprint density at radius 3 is 2.84 bits per heavy atom. The molecule has 2 aromatic rings. The summed E-state index contributed by atoms with van der Waals surface area (Å²) < 4.78 is 12.9. The van der Waals surface area contributed by atoms with E-state index in [1.54, 1.807) is 18.3 Å². The molecule has 2 heterocycles. The number of amides is 1. The summed E-state index contributed by atoms with van der Waals surface area (Å²) in [5.74, 6) is 1.14. The summed E-state index contributed by atoms with van der Waals surface area (Å²) in [6, 6.07) is 12.0. The number of hydrogen-bond acceptors (Lipinski definition) is 4. The minimum atomic E-state index is -0.266. The Morgan fingerprint density at radius 2 is 2.08 bits per heavy atom. The molecule has 0 aliphatic carbocycles. The third kappa shape index (κ3) is 5.53. The van der Waals surface area contributed by atoms with Gasteiger partial charge in [0.15, 0.2) is 0 Å². The second-order valence-corrected chi connectivity index (χ2v) is 6.39. The number of halogens is 1. The Labute approximate surface area is 147 Å². The van der Waals surface area contributed by atoms with Crippen molar-refractivity contribution in [1.29, 1.82) is 0 Å². The standard InChI is InChI=1S/C19H23FN4O/c20-17-6-4-15(5-7-17)11-23-19(25)14-24-10-8-16(13-24)12-22-18-3-1-2-9-21-18/h1-7,9,16H,8,10-14H2,(H,21,22)(H,23,25)/t16-/m1/s1. The number of benzene rings is 1. The molecule has 0 spiro atoms. The van der Waals surface area contributed by atoms with Crippen LogP contribution in [0, 0.1) is 11.7 Å². The molecular formula is C19H23FN4O. The molecule has 6 heteroatoms. The van der Waals surface area contributed by atoms with Gasteiger partial charge in [-0.15, -0.1) is 0 Å². The minimum absolute atomic E-state index is 0.00246. The van der Waals surface area contributed by atoms with Crippen molar-refractivity contribution >= 4 is 11.7 Å². The van der Waals surface area contributed by atoms with Crippen LogP contribution in [0.1, 0.15) is 12.0 Å². The number of anilines is 1. The third-order valence-electron chi connectivity index (χ3n) is 4.38. The SMILES string of the molecule is O=C(CN1CC[C@H](CNc2ccccn2)C1)NCc1ccc(F)cc1. The number of aromatic nitrogens is 1. The van der Waals surface area contributed by atoms with Gasteiger partial charge in [0.25, 0.3) is 0 Å². The van der Waals surface area contributed by atoms with E-state index in [1.165, 1.54) is 12.1 Å². The normalized spacial score (nSPS) is 17.4. The lowest BCUT2D eigenvalue weighted by Gasteiger charge is -2.16. The first-order valence-corrected chi connectivity index (χ1v) is 8.57. The van der Waals surface area contributed by atoms with Crippen LogP contribution in [0.4, 0.5) is 10.2 Å². The van der Waals surface area contributed by atoms with Crippen molar-refractivity contribution in [3.63, 3.8) is 0 Å². The maximum Gasteiger partial charge on any atom is 0.234 e. The van der Waals surface area contributed by atoms with Crippen LogP contribution >= 0.6 is 0 Å². The van der Waals surface area contributed by atoms with Crippen LogP contribution in [0.2, 0.25) is 0 Å². The molecular weight excluding hydrogens is 319 g/mol. The van der Waals surface area contributed by atoms with Crippen molar-refractivity contribution in [3.05, 3.63) is 60.0 Å². The average molecular weight is 342 g/mol. The van der Waals surface area contributed by atoms with E-state index in [0.717, 1.165) is 37.4 Å². The van der Waals surface area contributed by atoms with E-state index in [1.807, 2.05) is 18.2 Å². The largest absolute Gasteiger partial charge is 0.370 e. The highest BCUT2D eigenvalue weighted by Gasteiger charge is 2.23.